The summed E-state index contributed by atoms with van der Waals surface area (Å²) in [5, 5.41) is 4.60. The van der Waals surface area contributed by atoms with E-state index in [1.165, 1.54) is 51.5 Å². The van der Waals surface area contributed by atoms with Crippen molar-refractivity contribution in [1.82, 2.24) is 14.9 Å². The fourth-order valence-electron chi connectivity index (χ4n) is 5.79. The monoisotopic (exact) mass is 395 g/mol. The third-order valence-corrected chi connectivity index (χ3v) is 7.35. The van der Waals surface area contributed by atoms with Crippen molar-refractivity contribution >= 4 is 22.4 Å². The van der Waals surface area contributed by atoms with Gasteiger partial charge in [-0.1, -0.05) is 0 Å². The number of anilines is 2. The zero-order chi connectivity index (χ0) is 19.6. The summed E-state index contributed by atoms with van der Waals surface area (Å²) in [7, 11) is 0. The largest absolute Gasteiger partial charge is 0.399 e. The first-order chi connectivity index (χ1) is 14.3. The minimum absolute atomic E-state index is 0.715. The fraction of sp³-hybridized carbons (Fsp3) is 0.652. The van der Waals surface area contributed by atoms with Crippen LogP contribution in [0.3, 0.4) is 0 Å². The van der Waals surface area contributed by atoms with Gasteiger partial charge in [0.1, 0.15) is 12.1 Å². The summed E-state index contributed by atoms with van der Waals surface area (Å²) in [4.78, 5) is 11.7. The molecule has 3 fully saturated rings. The lowest BCUT2D eigenvalue weighted by Crippen LogP contribution is -2.54. The van der Waals surface area contributed by atoms with Crippen molar-refractivity contribution in [2.45, 2.75) is 57.0 Å². The van der Waals surface area contributed by atoms with Gasteiger partial charge in [0.05, 0.1) is 12.1 Å². The third kappa shape index (κ3) is 4.05. The number of fused-ring (bicyclic) bond motifs is 2. The molecule has 0 bridgehead atoms. The van der Waals surface area contributed by atoms with Crippen LogP contribution in [0.15, 0.2) is 24.5 Å². The van der Waals surface area contributed by atoms with Gasteiger partial charge >= 0.3 is 0 Å². The molecule has 2 atom stereocenters. The molecule has 2 saturated heterocycles. The normalized spacial score (nSPS) is 30.8. The topological polar surface area (TPSA) is 76.3 Å². The van der Waals surface area contributed by atoms with Crippen molar-refractivity contribution in [2.24, 2.45) is 11.8 Å². The Morgan fingerprint density at radius 2 is 2.00 bits per heavy atom. The Hall–Kier alpha value is -1.92. The van der Waals surface area contributed by atoms with E-state index in [-0.39, 0.29) is 0 Å². The summed E-state index contributed by atoms with van der Waals surface area (Å²) in [6.07, 6.45) is 10.8. The van der Waals surface area contributed by atoms with E-state index in [4.69, 9.17) is 10.5 Å². The Morgan fingerprint density at radius 1 is 1.10 bits per heavy atom. The van der Waals surface area contributed by atoms with Gasteiger partial charge in [-0.15, -0.1) is 0 Å². The molecule has 2 aromatic rings. The molecule has 3 heterocycles. The van der Waals surface area contributed by atoms with E-state index >= 15 is 0 Å². The van der Waals surface area contributed by atoms with Crippen LogP contribution < -0.4 is 11.1 Å². The Morgan fingerprint density at radius 3 is 2.90 bits per heavy atom. The predicted molar refractivity (Wildman–Crippen MR) is 117 cm³/mol. The van der Waals surface area contributed by atoms with Gasteiger partial charge in [-0.05, 0) is 81.5 Å². The number of nitrogen functional groups attached to an aromatic ring is 1. The summed E-state index contributed by atoms with van der Waals surface area (Å²) in [5.41, 5.74) is 7.66. The molecule has 1 aliphatic carbocycles. The summed E-state index contributed by atoms with van der Waals surface area (Å²) in [6, 6.07) is 7.37. The minimum Gasteiger partial charge on any atom is -0.399 e. The van der Waals surface area contributed by atoms with Gasteiger partial charge in [0.25, 0.3) is 0 Å². The number of ether oxygens (including phenoxy) is 1. The summed E-state index contributed by atoms with van der Waals surface area (Å²) in [6.45, 7) is 4.21. The van der Waals surface area contributed by atoms with Crippen LogP contribution in [0.2, 0.25) is 0 Å². The first kappa shape index (κ1) is 19.1. The number of nitrogens with zero attached hydrogens (tertiary/aromatic N) is 3. The van der Waals surface area contributed by atoms with E-state index in [1.807, 2.05) is 18.2 Å². The van der Waals surface area contributed by atoms with E-state index in [9.17, 15) is 0 Å². The molecular formula is C23H33N5O. The lowest BCUT2D eigenvalue weighted by molar-refractivity contribution is -0.0576. The van der Waals surface area contributed by atoms with Gasteiger partial charge in [0, 0.05) is 36.3 Å². The van der Waals surface area contributed by atoms with Gasteiger partial charge in [0.15, 0.2) is 0 Å². The van der Waals surface area contributed by atoms with Crippen molar-refractivity contribution in [2.75, 3.05) is 37.4 Å². The van der Waals surface area contributed by atoms with Crippen molar-refractivity contribution in [3.8, 4) is 0 Å². The smallest absolute Gasteiger partial charge is 0.137 e. The average molecular weight is 396 g/mol. The predicted octanol–water partition coefficient (Wildman–Crippen LogP) is 3.68. The van der Waals surface area contributed by atoms with Crippen molar-refractivity contribution in [1.29, 1.82) is 0 Å². The van der Waals surface area contributed by atoms with E-state index in [1.54, 1.807) is 6.33 Å². The zero-order valence-electron chi connectivity index (χ0n) is 17.2. The van der Waals surface area contributed by atoms with E-state index in [0.717, 1.165) is 60.2 Å². The SMILES string of the molecule is Nc1ccc2ncnc(NCC3CCC(N4CCCC5COCCC54)CC3)c2c1. The molecule has 3 aliphatic rings. The second-order valence-corrected chi connectivity index (χ2v) is 9.13. The molecule has 29 heavy (non-hydrogen) atoms. The van der Waals surface area contributed by atoms with Crippen molar-refractivity contribution < 1.29 is 4.74 Å². The Balaban J connectivity index is 1.17. The molecule has 0 amide bonds. The zero-order valence-corrected chi connectivity index (χ0v) is 17.2. The van der Waals surface area contributed by atoms with Crippen LogP contribution in [-0.2, 0) is 4.74 Å². The number of hydrogen-bond donors (Lipinski definition) is 2. The highest BCUT2D eigenvalue weighted by molar-refractivity contribution is 5.91. The highest BCUT2D eigenvalue weighted by Crippen LogP contribution is 2.36. The lowest BCUT2D eigenvalue weighted by Gasteiger charge is -2.49. The maximum atomic E-state index is 5.97. The van der Waals surface area contributed by atoms with Gasteiger partial charge in [-0.2, -0.15) is 0 Å². The molecule has 1 aromatic carbocycles. The second kappa shape index (κ2) is 8.44. The summed E-state index contributed by atoms with van der Waals surface area (Å²) < 4.78 is 5.75. The van der Waals surface area contributed by atoms with Crippen LogP contribution >= 0.6 is 0 Å². The van der Waals surface area contributed by atoms with Gasteiger partial charge in [0.2, 0.25) is 0 Å². The number of rotatable bonds is 4. The molecule has 2 aliphatic heterocycles. The van der Waals surface area contributed by atoms with Crippen LogP contribution in [0.1, 0.15) is 44.9 Å². The van der Waals surface area contributed by atoms with E-state index in [0.29, 0.717) is 5.92 Å². The summed E-state index contributed by atoms with van der Waals surface area (Å²) in [5.74, 6) is 2.40. The van der Waals surface area contributed by atoms with Crippen molar-refractivity contribution in [3.63, 3.8) is 0 Å². The lowest BCUT2D eigenvalue weighted by atomic mass is 9.80. The molecule has 156 valence electrons. The van der Waals surface area contributed by atoms with Gasteiger partial charge in [-0.3, -0.25) is 4.90 Å². The average Bonchev–Trinajstić information content (AvgIpc) is 2.78. The number of piperidine rings is 1. The van der Waals surface area contributed by atoms with Crippen LogP contribution in [0.5, 0.6) is 0 Å². The fourth-order valence-corrected chi connectivity index (χ4v) is 5.79. The first-order valence-electron chi connectivity index (χ1n) is 11.4. The maximum absolute atomic E-state index is 5.97. The maximum Gasteiger partial charge on any atom is 0.137 e. The molecular weight excluding hydrogens is 362 g/mol. The molecule has 0 spiro atoms. The number of nitrogens with one attached hydrogen (secondary N) is 1. The number of benzene rings is 1. The van der Waals surface area contributed by atoms with E-state index < -0.39 is 0 Å². The second-order valence-electron chi connectivity index (χ2n) is 9.13. The molecule has 6 nitrogen and oxygen atoms in total. The van der Waals surface area contributed by atoms with Crippen LogP contribution in [0, 0.1) is 11.8 Å². The molecule has 0 radical (unpaired) electrons. The van der Waals surface area contributed by atoms with Crippen LogP contribution in [0.25, 0.3) is 10.9 Å². The molecule has 1 aromatic heterocycles. The van der Waals surface area contributed by atoms with Crippen LogP contribution in [-0.4, -0.2) is 53.3 Å². The molecule has 3 N–H and O–H groups in total. The van der Waals surface area contributed by atoms with Gasteiger partial charge in [-0.25, -0.2) is 9.97 Å². The standard InChI is InChI=1S/C23H33N5O/c24-18-5-8-21-20(12-18)23(27-15-26-21)25-13-16-3-6-19(7-4-16)28-10-1-2-17-14-29-11-9-22(17)28/h5,8,12,15-17,19,22H,1-4,6-7,9-11,13-14,24H2,(H,25,26,27). The highest BCUT2D eigenvalue weighted by Gasteiger charge is 2.38. The number of nitrogens with two attached hydrogens (primary N) is 1. The number of hydrogen-bond acceptors (Lipinski definition) is 6. The molecule has 6 heteroatoms. The number of aromatic nitrogens is 2. The highest BCUT2D eigenvalue weighted by atomic mass is 16.5. The molecule has 5 rings (SSSR count). The molecule has 1 saturated carbocycles. The Kier molecular flexibility index (Phi) is 5.55. The quantitative estimate of drug-likeness (QED) is 0.769. The number of likely N-dealkylation sites (tertiary alicyclic amines) is 1. The first-order valence-corrected chi connectivity index (χ1v) is 11.4. The Bertz CT molecular complexity index is 833. The Labute approximate surface area is 173 Å². The van der Waals surface area contributed by atoms with Crippen LogP contribution in [0.4, 0.5) is 11.5 Å². The minimum atomic E-state index is 0.715. The van der Waals surface area contributed by atoms with E-state index in [2.05, 4.69) is 20.2 Å². The third-order valence-electron chi connectivity index (χ3n) is 7.35. The van der Waals surface area contributed by atoms with Crippen molar-refractivity contribution in [3.05, 3.63) is 24.5 Å². The van der Waals surface area contributed by atoms with Gasteiger partial charge < -0.3 is 15.8 Å². The molecule has 2 unspecified atom stereocenters. The summed E-state index contributed by atoms with van der Waals surface area (Å²) >= 11 is 0.